The van der Waals surface area contributed by atoms with E-state index in [1.54, 1.807) is 11.6 Å². The molecule has 3 rings (SSSR count). The van der Waals surface area contributed by atoms with E-state index < -0.39 is 4.92 Å². The number of fused-ring (bicyclic) bond motifs is 1. The van der Waals surface area contributed by atoms with Crippen LogP contribution in [0.5, 0.6) is 5.88 Å². The molecule has 102 valence electrons. The van der Waals surface area contributed by atoms with E-state index in [1.165, 1.54) is 22.2 Å². The van der Waals surface area contributed by atoms with Crippen LogP contribution in [0, 0.1) is 16.0 Å². The average Bonchev–Trinajstić information content (AvgIpc) is 2.91. The summed E-state index contributed by atoms with van der Waals surface area (Å²) in [4.78, 5) is 15.6. The van der Waals surface area contributed by atoms with Crippen molar-refractivity contribution < 1.29 is 9.66 Å². The van der Waals surface area contributed by atoms with Gasteiger partial charge in [0.15, 0.2) is 0 Å². The van der Waals surface area contributed by atoms with Crippen molar-refractivity contribution in [2.75, 3.05) is 0 Å². The second-order valence-electron chi connectivity index (χ2n) is 4.97. The van der Waals surface area contributed by atoms with Crippen LogP contribution in [0.15, 0.2) is 11.6 Å². The lowest BCUT2D eigenvalue weighted by atomic mass is 9.88. The molecule has 2 aromatic heterocycles. The summed E-state index contributed by atoms with van der Waals surface area (Å²) in [5.74, 6) is 0.526. The van der Waals surface area contributed by atoms with Gasteiger partial charge >= 0.3 is 11.7 Å². The molecule has 0 spiro atoms. The molecule has 0 bridgehead atoms. The lowest BCUT2D eigenvalue weighted by Gasteiger charge is -2.28. The van der Waals surface area contributed by atoms with E-state index >= 15 is 0 Å². The maximum absolute atomic E-state index is 11.2. The van der Waals surface area contributed by atoms with Crippen molar-refractivity contribution in [1.82, 2.24) is 9.38 Å². The highest BCUT2D eigenvalue weighted by Gasteiger charge is 2.30. The Morgan fingerprint density at radius 1 is 1.53 bits per heavy atom. The SMILES string of the molecule is CC1CCCCC1Oc1nc2sccn2c1[N+](=O)[O-]. The Kier molecular flexibility index (Phi) is 3.14. The third-order valence-electron chi connectivity index (χ3n) is 3.67. The van der Waals surface area contributed by atoms with Gasteiger partial charge in [-0.25, -0.2) is 0 Å². The molecule has 0 saturated heterocycles. The zero-order valence-corrected chi connectivity index (χ0v) is 11.4. The van der Waals surface area contributed by atoms with Crippen molar-refractivity contribution in [3.63, 3.8) is 0 Å². The number of thiazole rings is 1. The van der Waals surface area contributed by atoms with Gasteiger partial charge in [-0.3, -0.25) is 0 Å². The molecule has 7 heteroatoms. The number of hydrogen-bond acceptors (Lipinski definition) is 5. The summed E-state index contributed by atoms with van der Waals surface area (Å²) in [6, 6.07) is 0. The molecule has 1 aliphatic carbocycles. The number of nitrogens with zero attached hydrogens (tertiary/aromatic N) is 3. The summed E-state index contributed by atoms with van der Waals surface area (Å²) in [5, 5.41) is 13.0. The molecule has 0 aromatic carbocycles. The van der Waals surface area contributed by atoms with Crippen LogP contribution < -0.4 is 4.74 Å². The van der Waals surface area contributed by atoms with Crippen LogP contribution in [0.3, 0.4) is 0 Å². The molecule has 1 aliphatic rings. The molecule has 2 unspecified atom stereocenters. The molecule has 19 heavy (non-hydrogen) atoms. The van der Waals surface area contributed by atoms with Crippen LogP contribution in [-0.4, -0.2) is 20.4 Å². The van der Waals surface area contributed by atoms with E-state index in [1.807, 2.05) is 0 Å². The maximum atomic E-state index is 11.2. The predicted molar refractivity (Wildman–Crippen MR) is 71.8 cm³/mol. The Morgan fingerprint density at radius 2 is 2.32 bits per heavy atom. The summed E-state index contributed by atoms with van der Waals surface area (Å²) in [6.07, 6.45) is 6.08. The number of aromatic nitrogens is 2. The lowest BCUT2D eigenvalue weighted by Crippen LogP contribution is -2.28. The summed E-state index contributed by atoms with van der Waals surface area (Å²) in [6.45, 7) is 2.13. The second kappa shape index (κ2) is 4.80. The van der Waals surface area contributed by atoms with E-state index in [0.717, 1.165) is 19.3 Å². The Labute approximate surface area is 114 Å². The molecule has 1 saturated carbocycles. The third-order valence-corrected chi connectivity index (χ3v) is 4.43. The van der Waals surface area contributed by atoms with Gasteiger partial charge in [0.25, 0.3) is 4.96 Å². The van der Waals surface area contributed by atoms with E-state index in [9.17, 15) is 10.1 Å². The van der Waals surface area contributed by atoms with Crippen molar-refractivity contribution in [1.29, 1.82) is 0 Å². The molecular weight excluding hydrogens is 266 g/mol. The van der Waals surface area contributed by atoms with Gasteiger partial charge < -0.3 is 14.9 Å². The minimum atomic E-state index is -0.421. The fraction of sp³-hybridized carbons (Fsp3) is 0.583. The highest BCUT2D eigenvalue weighted by Crippen LogP contribution is 2.34. The zero-order valence-electron chi connectivity index (χ0n) is 10.6. The summed E-state index contributed by atoms with van der Waals surface area (Å²) < 4.78 is 7.32. The molecule has 2 heterocycles. The third kappa shape index (κ3) is 2.18. The number of rotatable bonds is 3. The predicted octanol–water partition coefficient (Wildman–Crippen LogP) is 3.26. The first kappa shape index (κ1) is 12.4. The fourth-order valence-electron chi connectivity index (χ4n) is 2.60. The Balaban J connectivity index is 1.93. The van der Waals surface area contributed by atoms with Gasteiger partial charge in [-0.15, -0.1) is 0 Å². The van der Waals surface area contributed by atoms with Crippen LogP contribution in [0.4, 0.5) is 5.82 Å². The summed E-state index contributed by atoms with van der Waals surface area (Å²) in [5.41, 5.74) is 0. The van der Waals surface area contributed by atoms with E-state index in [0.29, 0.717) is 10.9 Å². The van der Waals surface area contributed by atoms with Crippen molar-refractivity contribution >= 4 is 22.1 Å². The molecule has 1 fully saturated rings. The number of ether oxygens (including phenoxy) is 1. The normalized spacial score (nSPS) is 23.6. The largest absolute Gasteiger partial charge is 0.468 e. The lowest BCUT2D eigenvalue weighted by molar-refractivity contribution is -0.391. The average molecular weight is 281 g/mol. The van der Waals surface area contributed by atoms with Crippen LogP contribution in [0.25, 0.3) is 4.96 Å². The standard InChI is InChI=1S/C12H15N3O3S/c1-8-4-2-3-5-9(8)18-10-11(15(16)17)14-6-7-19-12(14)13-10/h6-9H,2-5H2,1H3. The van der Waals surface area contributed by atoms with E-state index in [4.69, 9.17) is 4.74 Å². The van der Waals surface area contributed by atoms with Crippen LogP contribution in [0.2, 0.25) is 0 Å². The molecule has 0 N–H and O–H groups in total. The molecule has 2 atom stereocenters. The highest BCUT2D eigenvalue weighted by atomic mass is 32.1. The van der Waals surface area contributed by atoms with E-state index in [-0.39, 0.29) is 17.8 Å². The molecular formula is C12H15N3O3S. The first-order valence-electron chi connectivity index (χ1n) is 6.43. The highest BCUT2D eigenvalue weighted by molar-refractivity contribution is 7.15. The van der Waals surface area contributed by atoms with Crippen molar-refractivity contribution in [3.05, 3.63) is 21.7 Å². The van der Waals surface area contributed by atoms with Crippen LogP contribution in [-0.2, 0) is 0 Å². The second-order valence-corrected chi connectivity index (χ2v) is 5.84. The van der Waals surface area contributed by atoms with Crippen molar-refractivity contribution in [2.24, 2.45) is 5.92 Å². The summed E-state index contributed by atoms with van der Waals surface area (Å²) >= 11 is 1.37. The summed E-state index contributed by atoms with van der Waals surface area (Å²) in [7, 11) is 0. The Hall–Kier alpha value is -1.63. The zero-order chi connectivity index (χ0) is 13.4. The first-order chi connectivity index (χ1) is 9.16. The number of hydrogen-bond donors (Lipinski definition) is 0. The van der Waals surface area contributed by atoms with Crippen LogP contribution >= 0.6 is 11.3 Å². The number of imidazole rings is 1. The molecule has 6 nitrogen and oxygen atoms in total. The van der Waals surface area contributed by atoms with Gasteiger partial charge in [-0.05, 0) is 30.1 Å². The van der Waals surface area contributed by atoms with Gasteiger partial charge in [0.2, 0.25) is 0 Å². The molecule has 0 aliphatic heterocycles. The van der Waals surface area contributed by atoms with Gasteiger partial charge in [0, 0.05) is 5.38 Å². The topological polar surface area (TPSA) is 69.7 Å². The minimum absolute atomic E-state index is 0.0389. The number of nitro groups is 1. The van der Waals surface area contributed by atoms with Crippen molar-refractivity contribution in [3.8, 4) is 5.88 Å². The van der Waals surface area contributed by atoms with Gasteiger partial charge in [0.05, 0.1) is 0 Å². The van der Waals surface area contributed by atoms with Gasteiger partial charge in [-0.1, -0.05) is 24.7 Å². The fourth-order valence-corrected chi connectivity index (χ4v) is 3.30. The first-order valence-corrected chi connectivity index (χ1v) is 7.31. The minimum Gasteiger partial charge on any atom is -0.468 e. The molecule has 0 amide bonds. The van der Waals surface area contributed by atoms with Gasteiger partial charge in [-0.2, -0.15) is 9.38 Å². The molecule has 0 radical (unpaired) electrons. The Morgan fingerprint density at radius 3 is 3.05 bits per heavy atom. The van der Waals surface area contributed by atoms with E-state index in [2.05, 4.69) is 11.9 Å². The van der Waals surface area contributed by atoms with Crippen LogP contribution in [0.1, 0.15) is 32.6 Å². The monoisotopic (exact) mass is 281 g/mol. The van der Waals surface area contributed by atoms with Gasteiger partial charge in [0.1, 0.15) is 12.3 Å². The molecule has 2 aromatic rings. The maximum Gasteiger partial charge on any atom is 0.393 e. The van der Waals surface area contributed by atoms with Crippen molar-refractivity contribution in [2.45, 2.75) is 38.7 Å². The quantitative estimate of drug-likeness (QED) is 0.639. The Bertz CT molecular complexity index is 606. The smallest absolute Gasteiger partial charge is 0.393 e.